The predicted molar refractivity (Wildman–Crippen MR) is 79.8 cm³/mol. The van der Waals surface area contributed by atoms with Gasteiger partial charge in [-0.1, -0.05) is 26.0 Å². The van der Waals surface area contributed by atoms with Crippen LogP contribution >= 0.6 is 0 Å². The van der Waals surface area contributed by atoms with E-state index in [2.05, 4.69) is 24.1 Å². The van der Waals surface area contributed by atoms with Crippen molar-refractivity contribution in [3.63, 3.8) is 0 Å². The molecule has 20 heavy (non-hydrogen) atoms. The summed E-state index contributed by atoms with van der Waals surface area (Å²) < 4.78 is 5.63. The maximum absolute atomic E-state index is 11.8. The van der Waals surface area contributed by atoms with Crippen LogP contribution in [0.3, 0.4) is 0 Å². The van der Waals surface area contributed by atoms with Gasteiger partial charge in [0, 0.05) is 29.2 Å². The van der Waals surface area contributed by atoms with Gasteiger partial charge in [0.25, 0.3) is 5.91 Å². The molecule has 0 aliphatic rings. The molecular weight excluding hydrogens is 252 g/mol. The van der Waals surface area contributed by atoms with Gasteiger partial charge >= 0.3 is 0 Å². The Labute approximate surface area is 119 Å². The number of nitrogens with zero attached hydrogens (tertiary/aromatic N) is 1. The highest BCUT2D eigenvalue weighted by molar-refractivity contribution is 5.88. The van der Waals surface area contributed by atoms with Crippen LogP contribution in [0.1, 0.15) is 26.7 Å². The molecular formula is C16H20N2O2. The van der Waals surface area contributed by atoms with Crippen molar-refractivity contribution in [3.05, 3.63) is 36.7 Å². The SMILES string of the molecule is CCC(CC)NC(=O)COc1cccc2cnccc12. The van der Waals surface area contributed by atoms with Crippen molar-refractivity contribution in [2.24, 2.45) is 0 Å². The molecule has 0 saturated heterocycles. The van der Waals surface area contributed by atoms with E-state index in [-0.39, 0.29) is 18.6 Å². The average molecular weight is 272 g/mol. The number of carbonyl (C=O) groups is 1. The van der Waals surface area contributed by atoms with Crippen molar-refractivity contribution in [3.8, 4) is 5.75 Å². The molecule has 1 N–H and O–H groups in total. The summed E-state index contributed by atoms with van der Waals surface area (Å²) in [6.07, 6.45) is 5.37. The molecule has 1 heterocycles. The molecule has 0 bridgehead atoms. The molecule has 106 valence electrons. The van der Waals surface area contributed by atoms with Crippen molar-refractivity contribution in [1.82, 2.24) is 10.3 Å². The number of hydrogen-bond acceptors (Lipinski definition) is 3. The molecule has 0 radical (unpaired) electrons. The summed E-state index contributed by atoms with van der Waals surface area (Å²) in [7, 11) is 0. The van der Waals surface area contributed by atoms with Crippen molar-refractivity contribution >= 4 is 16.7 Å². The summed E-state index contributed by atoms with van der Waals surface area (Å²) in [5.41, 5.74) is 0. The van der Waals surface area contributed by atoms with E-state index < -0.39 is 0 Å². The van der Waals surface area contributed by atoms with E-state index in [4.69, 9.17) is 4.74 Å². The molecule has 0 aliphatic heterocycles. The minimum absolute atomic E-state index is 0.0396. The van der Waals surface area contributed by atoms with Gasteiger partial charge in [-0.15, -0.1) is 0 Å². The number of ether oxygens (including phenoxy) is 1. The molecule has 0 aliphatic carbocycles. The summed E-state index contributed by atoms with van der Waals surface area (Å²) in [6.45, 7) is 4.16. The van der Waals surface area contributed by atoms with Gasteiger partial charge in [0.15, 0.2) is 6.61 Å². The van der Waals surface area contributed by atoms with E-state index in [0.717, 1.165) is 23.6 Å². The Bertz CT molecular complexity index is 574. The zero-order chi connectivity index (χ0) is 14.4. The highest BCUT2D eigenvalue weighted by atomic mass is 16.5. The molecule has 0 unspecified atom stereocenters. The normalized spacial score (nSPS) is 10.8. The van der Waals surface area contributed by atoms with Crippen LogP contribution in [0, 0.1) is 0 Å². The summed E-state index contributed by atoms with van der Waals surface area (Å²) >= 11 is 0. The Balaban J connectivity index is 2.01. The second-order valence-electron chi connectivity index (χ2n) is 4.72. The maximum atomic E-state index is 11.8. The first-order valence-electron chi connectivity index (χ1n) is 6.99. The van der Waals surface area contributed by atoms with Gasteiger partial charge in [-0.05, 0) is 25.0 Å². The smallest absolute Gasteiger partial charge is 0.258 e. The first kappa shape index (κ1) is 14.3. The molecule has 0 atom stereocenters. The third-order valence-corrected chi connectivity index (χ3v) is 3.35. The highest BCUT2D eigenvalue weighted by Crippen LogP contribution is 2.24. The van der Waals surface area contributed by atoms with Gasteiger partial charge in [0.1, 0.15) is 5.75 Å². The lowest BCUT2D eigenvalue weighted by Crippen LogP contribution is -2.37. The first-order chi connectivity index (χ1) is 9.74. The van der Waals surface area contributed by atoms with Gasteiger partial charge in [-0.3, -0.25) is 9.78 Å². The van der Waals surface area contributed by atoms with Crippen LogP contribution in [0.5, 0.6) is 5.75 Å². The number of hydrogen-bond donors (Lipinski definition) is 1. The lowest BCUT2D eigenvalue weighted by molar-refractivity contribution is -0.123. The van der Waals surface area contributed by atoms with Gasteiger partial charge in [0.2, 0.25) is 0 Å². The topological polar surface area (TPSA) is 51.2 Å². The van der Waals surface area contributed by atoms with Gasteiger partial charge < -0.3 is 10.1 Å². The van der Waals surface area contributed by atoms with Crippen LogP contribution in [0.4, 0.5) is 0 Å². The van der Waals surface area contributed by atoms with Crippen LogP contribution in [0.25, 0.3) is 10.8 Å². The fraction of sp³-hybridized carbons (Fsp3) is 0.375. The molecule has 0 saturated carbocycles. The van der Waals surface area contributed by atoms with E-state index in [1.165, 1.54) is 0 Å². The van der Waals surface area contributed by atoms with Crippen LogP contribution < -0.4 is 10.1 Å². The maximum Gasteiger partial charge on any atom is 0.258 e. The Morgan fingerprint density at radius 2 is 2.10 bits per heavy atom. The van der Waals surface area contributed by atoms with E-state index in [1.54, 1.807) is 12.4 Å². The molecule has 1 amide bonds. The fourth-order valence-corrected chi connectivity index (χ4v) is 2.12. The zero-order valence-electron chi connectivity index (χ0n) is 11.9. The van der Waals surface area contributed by atoms with Crippen LogP contribution in [0.15, 0.2) is 36.7 Å². The number of carbonyl (C=O) groups excluding carboxylic acids is 1. The second kappa shape index (κ2) is 6.89. The molecule has 4 heteroatoms. The van der Waals surface area contributed by atoms with E-state index in [1.807, 2.05) is 24.3 Å². The number of benzene rings is 1. The van der Waals surface area contributed by atoms with Crippen molar-refractivity contribution in [2.75, 3.05) is 6.61 Å². The molecule has 1 aromatic carbocycles. The quantitative estimate of drug-likeness (QED) is 0.879. The summed E-state index contributed by atoms with van der Waals surface area (Å²) in [5.74, 6) is 0.634. The standard InChI is InChI=1S/C16H20N2O2/c1-3-13(4-2)18-16(19)11-20-15-7-5-6-12-10-17-9-8-14(12)15/h5-10,13H,3-4,11H2,1-2H3,(H,18,19). The lowest BCUT2D eigenvalue weighted by Gasteiger charge is -2.15. The minimum Gasteiger partial charge on any atom is -0.483 e. The highest BCUT2D eigenvalue weighted by Gasteiger charge is 2.09. The number of nitrogens with one attached hydrogen (secondary N) is 1. The van der Waals surface area contributed by atoms with Crippen molar-refractivity contribution in [1.29, 1.82) is 0 Å². The van der Waals surface area contributed by atoms with Crippen molar-refractivity contribution in [2.45, 2.75) is 32.7 Å². The summed E-state index contributed by atoms with van der Waals surface area (Å²) in [6, 6.07) is 7.86. The largest absolute Gasteiger partial charge is 0.483 e. The third-order valence-electron chi connectivity index (χ3n) is 3.35. The zero-order valence-corrected chi connectivity index (χ0v) is 11.9. The van der Waals surface area contributed by atoms with E-state index in [0.29, 0.717) is 5.75 Å². The summed E-state index contributed by atoms with van der Waals surface area (Å²) in [4.78, 5) is 15.9. The number of aromatic nitrogens is 1. The number of fused-ring (bicyclic) bond motifs is 1. The number of pyridine rings is 1. The van der Waals surface area contributed by atoms with E-state index in [9.17, 15) is 4.79 Å². The third kappa shape index (κ3) is 3.47. The van der Waals surface area contributed by atoms with Crippen molar-refractivity contribution < 1.29 is 9.53 Å². The second-order valence-corrected chi connectivity index (χ2v) is 4.72. The van der Waals surface area contributed by atoms with Gasteiger partial charge in [0.05, 0.1) is 0 Å². The van der Waals surface area contributed by atoms with Crippen LogP contribution in [-0.4, -0.2) is 23.5 Å². The van der Waals surface area contributed by atoms with E-state index >= 15 is 0 Å². The monoisotopic (exact) mass is 272 g/mol. The Kier molecular flexibility index (Phi) is 4.93. The van der Waals surface area contributed by atoms with Crippen LogP contribution in [0.2, 0.25) is 0 Å². The molecule has 1 aromatic heterocycles. The first-order valence-corrected chi connectivity index (χ1v) is 6.99. The average Bonchev–Trinajstić information content (AvgIpc) is 2.50. The number of amides is 1. The Morgan fingerprint density at radius 1 is 1.30 bits per heavy atom. The number of rotatable bonds is 6. The van der Waals surface area contributed by atoms with Gasteiger partial charge in [-0.2, -0.15) is 0 Å². The van der Waals surface area contributed by atoms with Crippen LogP contribution in [-0.2, 0) is 4.79 Å². The molecule has 0 spiro atoms. The Hall–Kier alpha value is -2.10. The molecule has 0 fully saturated rings. The molecule has 4 nitrogen and oxygen atoms in total. The molecule has 2 rings (SSSR count). The minimum atomic E-state index is -0.0789. The molecule has 2 aromatic rings. The fourth-order valence-electron chi connectivity index (χ4n) is 2.12. The lowest BCUT2D eigenvalue weighted by atomic mass is 10.1. The predicted octanol–water partition coefficient (Wildman–Crippen LogP) is 2.92. The Morgan fingerprint density at radius 3 is 2.85 bits per heavy atom. The van der Waals surface area contributed by atoms with Gasteiger partial charge in [-0.25, -0.2) is 0 Å². The summed E-state index contributed by atoms with van der Waals surface area (Å²) in [5, 5.41) is 4.93.